The van der Waals surface area contributed by atoms with Crippen molar-refractivity contribution >= 4 is 23.0 Å². The van der Waals surface area contributed by atoms with Crippen molar-refractivity contribution in [2.24, 2.45) is 0 Å². The molecule has 0 amide bonds. The van der Waals surface area contributed by atoms with E-state index in [-0.39, 0.29) is 18.2 Å². The van der Waals surface area contributed by atoms with E-state index >= 15 is 0 Å². The minimum Gasteiger partial charge on any atom is -0.489 e. The number of carboxylic acid groups (broad SMARTS) is 2. The van der Waals surface area contributed by atoms with Gasteiger partial charge >= 0.3 is 11.9 Å². The van der Waals surface area contributed by atoms with E-state index in [0.717, 1.165) is 95.6 Å². The number of carbonyl (C=O) groups is 2. The quantitative estimate of drug-likeness (QED) is 0.119. The number of aromatic nitrogens is 2. The summed E-state index contributed by atoms with van der Waals surface area (Å²) in [7, 11) is 0. The molecule has 3 aromatic carbocycles. The van der Waals surface area contributed by atoms with E-state index in [9.17, 15) is 14.7 Å². The molecule has 1 unspecified atom stereocenters. The lowest BCUT2D eigenvalue weighted by Gasteiger charge is -2.36. The van der Waals surface area contributed by atoms with Crippen molar-refractivity contribution in [2.75, 3.05) is 13.1 Å². The SMILES string of the molecule is Cc1ccc2oc(-c3ccc(COc4ccccc4CCN(CCCCC(=O)O)C4CCCc5nc(C(=O)O)ccc54)cc3)nc2c1. The number of aromatic carboxylic acids is 1. The molecule has 6 rings (SSSR count). The maximum absolute atomic E-state index is 11.5. The Morgan fingerprint density at radius 3 is 2.60 bits per heavy atom. The van der Waals surface area contributed by atoms with Crippen LogP contribution in [0.3, 0.4) is 0 Å². The molecule has 9 nitrogen and oxygen atoms in total. The highest BCUT2D eigenvalue weighted by molar-refractivity contribution is 5.85. The lowest BCUT2D eigenvalue weighted by molar-refractivity contribution is -0.137. The molecule has 0 fully saturated rings. The highest BCUT2D eigenvalue weighted by atomic mass is 16.5. The van der Waals surface area contributed by atoms with Crippen LogP contribution in [-0.4, -0.2) is 50.1 Å². The van der Waals surface area contributed by atoms with Crippen LogP contribution in [0.5, 0.6) is 5.75 Å². The Morgan fingerprint density at radius 2 is 1.79 bits per heavy atom. The predicted octanol–water partition coefficient (Wildman–Crippen LogP) is 7.65. The molecule has 2 aromatic heterocycles. The van der Waals surface area contributed by atoms with Crippen LogP contribution in [0.2, 0.25) is 0 Å². The van der Waals surface area contributed by atoms with Crippen molar-refractivity contribution in [2.45, 2.75) is 64.5 Å². The molecule has 2 N–H and O–H groups in total. The van der Waals surface area contributed by atoms with E-state index in [1.807, 2.05) is 73.7 Å². The third kappa shape index (κ3) is 7.86. The molecule has 0 spiro atoms. The molecular weight excluding hydrogens is 594 g/mol. The summed E-state index contributed by atoms with van der Waals surface area (Å²) in [6.07, 6.45) is 4.87. The monoisotopic (exact) mass is 633 g/mol. The van der Waals surface area contributed by atoms with Gasteiger partial charge in [0.1, 0.15) is 23.6 Å². The van der Waals surface area contributed by atoms with Gasteiger partial charge in [-0.25, -0.2) is 14.8 Å². The maximum atomic E-state index is 11.5. The van der Waals surface area contributed by atoms with Crippen molar-refractivity contribution in [3.8, 4) is 17.2 Å². The second-order valence-electron chi connectivity index (χ2n) is 12.2. The molecule has 2 heterocycles. The largest absolute Gasteiger partial charge is 0.489 e. The maximum Gasteiger partial charge on any atom is 0.354 e. The van der Waals surface area contributed by atoms with Crippen LogP contribution in [-0.2, 0) is 24.2 Å². The van der Waals surface area contributed by atoms with Gasteiger partial charge in [0.2, 0.25) is 5.89 Å². The van der Waals surface area contributed by atoms with Gasteiger partial charge in [0, 0.05) is 30.3 Å². The van der Waals surface area contributed by atoms with Crippen LogP contribution in [0.1, 0.15) is 76.6 Å². The van der Waals surface area contributed by atoms with Crippen molar-refractivity contribution in [1.82, 2.24) is 14.9 Å². The number of aryl methyl sites for hydroxylation is 2. The number of para-hydroxylation sites is 1. The van der Waals surface area contributed by atoms with Crippen molar-refractivity contribution in [3.05, 3.63) is 113 Å². The Balaban J connectivity index is 1.13. The zero-order chi connectivity index (χ0) is 32.8. The van der Waals surface area contributed by atoms with E-state index in [1.165, 1.54) is 0 Å². The fourth-order valence-electron chi connectivity index (χ4n) is 6.33. The normalized spacial score (nSPS) is 14.3. The molecule has 1 aliphatic carbocycles. The van der Waals surface area contributed by atoms with Crippen LogP contribution >= 0.6 is 0 Å². The first-order valence-electron chi connectivity index (χ1n) is 16.2. The first kappa shape index (κ1) is 31.9. The van der Waals surface area contributed by atoms with Crippen LogP contribution in [0.4, 0.5) is 0 Å². The number of hydrogen-bond donors (Lipinski definition) is 2. The lowest BCUT2D eigenvalue weighted by atomic mass is 9.89. The molecule has 5 aromatic rings. The summed E-state index contributed by atoms with van der Waals surface area (Å²) in [5.41, 5.74) is 7.77. The van der Waals surface area contributed by atoms with Gasteiger partial charge in [0.05, 0.1) is 0 Å². The third-order valence-electron chi connectivity index (χ3n) is 8.78. The van der Waals surface area contributed by atoms with E-state index < -0.39 is 11.9 Å². The average Bonchev–Trinajstić information content (AvgIpc) is 3.50. The molecule has 9 heteroatoms. The first-order valence-corrected chi connectivity index (χ1v) is 16.2. The number of unbranched alkanes of at least 4 members (excludes halogenated alkanes) is 1. The molecule has 47 heavy (non-hydrogen) atoms. The van der Waals surface area contributed by atoms with E-state index in [1.54, 1.807) is 6.07 Å². The summed E-state index contributed by atoms with van der Waals surface area (Å²) >= 11 is 0. The topological polar surface area (TPSA) is 126 Å². The second-order valence-corrected chi connectivity index (χ2v) is 12.2. The third-order valence-corrected chi connectivity index (χ3v) is 8.78. The summed E-state index contributed by atoms with van der Waals surface area (Å²) in [5.74, 6) is -0.388. The number of fused-ring (bicyclic) bond motifs is 2. The van der Waals surface area contributed by atoms with Gasteiger partial charge in [-0.05, 0) is 111 Å². The van der Waals surface area contributed by atoms with Gasteiger partial charge in [-0.2, -0.15) is 0 Å². The number of aliphatic carboxylic acids is 1. The van der Waals surface area contributed by atoms with Crippen molar-refractivity contribution < 1.29 is 29.0 Å². The Kier molecular flexibility index (Phi) is 9.92. The van der Waals surface area contributed by atoms with Gasteiger partial charge in [0.15, 0.2) is 5.58 Å². The smallest absolute Gasteiger partial charge is 0.354 e. The summed E-state index contributed by atoms with van der Waals surface area (Å²) in [5, 5.41) is 18.6. The number of nitrogens with zero attached hydrogens (tertiary/aromatic N) is 3. The van der Waals surface area contributed by atoms with Crippen LogP contribution in [0, 0.1) is 6.92 Å². The van der Waals surface area contributed by atoms with E-state index in [4.69, 9.17) is 14.3 Å². The summed E-state index contributed by atoms with van der Waals surface area (Å²) in [6.45, 7) is 3.94. The molecular formula is C38H39N3O6. The molecule has 0 bridgehead atoms. The zero-order valence-corrected chi connectivity index (χ0v) is 26.5. The number of oxazole rings is 1. The Morgan fingerprint density at radius 1 is 0.957 bits per heavy atom. The van der Waals surface area contributed by atoms with E-state index in [0.29, 0.717) is 18.9 Å². The average molecular weight is 634 g/mol. The number of carboxylic acids is 2. The lowest BCUT2D eigenvalue weighted by Crippen LogP contribution is -2.34. The molecule has 0 saturated heterocycles. The zero-order valence-electron chi connectivity index (χ0n) is 26.5. The molecule has 0 aliphatic heterocycles. The highest BCUT2D eigenvalue weighted by Gasteiger charge is 2.27. The number of pyridine rings is 1. The standard InChI is InChI=1S/C38H39N3O6/c1-25-12-19-35-32(23-25)40-37(47-35)28-15-13-26(14-16-28)24-46-34-10-3-2-7-27(34)20-22-41(21-5-4-11-36(42)43)33-9-6-8-30-29(33)17-18-31(39-30)38(44)45/h2-3,7,10,12-19,23,33H,4-6,8-9,11,20-22,24H2,1H3,(H,42,43)(H,44,45). The van der Waals surface area contributed by atoms with Gasteiger partial charge in [-0.1, -0.05) is 42.5 Å². The fraction of sp³-hybridized carbons (Fsp3) is 0.316. The first-order chi connectivity index (χ1) is 22.8. The fourth-order valence-corrected chi connectivity index (χ4v) is 6.33. The van der Waals surface area contributed by atoms with Crippen LogP contribution < -0.4 is 4.74 Å². The highest BCUT2D eigenvalue weighted by Crippen LogP contribution is 2.35. The predicted molar refractivity (Wildman–Crippen MR) is 179 cm³/mol. The molecule has 1 atom stereocenters. The molecule has 242 valence electrons. The van der Waals surface area contributed by atoms with Crippen molar-refractivity contribution in [1.29, 1.82) is 0 Å². The van der Waals surface area contributed by atoms with Crippen LogP contribution in [0.15, 0.2) is 83.3 Å². The van der Waals surface area contributed by atoms with Gasteiger partial charge in [-0.3, -0.25) is 9.69 Å². The van der Waals surface area contributed by atoms with Crippen LogP contribution in [0.25, 0.3) is 22.6 Å². The molecule has 0 radical (unpaired) electrons. The number of rotatable bonds is 14. The van der Waals surface area contributed by atoms with Gasteiger partial charge in [-0.15, -0.1) is 0 Å². The number of ether oxygens (including phenoxy) is 1. The van der Waals surface area contributed by atoms with Crippen molar-refractivity contribution in [3.63, 3.8) is 0 Å². The minimum absolute atomic E-state index is 0.0689. The molecule has 0 saturated carbocycles. The Hall–Kier alpha value is -5.02. The van der Waals surface area contributed by atoms with Gasteiger partial charge in [0.25, 0.3) is 0 Å². The Bertz CT molecular complexity index is 1870. The van der Waals surface area contributed by atoms with E-state index in [2.05, 4.69) is 20.9 Å². The number of benzene rings is 3. The second kappa shape index (κ2) is 14.6. The number of hydrogen-bond acceptors (Lipinski definition) is 7. The molecule has 1 aliphatic rings. The minimum atomic E-state index is -1.02. The summed E-state index contributed by atoms with van der Waals surface area (Å²) in [4.78, 5) is 34.2. The summed E-state index contributed by atoms with van der Waals surface area (Å²) < 4.78 is 12.3. The van der Waals surface area contributed by atoms with Gasteiger partial charge < -0.3 is 19.4 Å². The Labute approximate surface area is 273 Å². The summed E-state index contributed by atoms with van der Waals surface area (Å²) in [6, 6.07) is 25.7.